The number of anilines is 1. The molecule has 0 atom stereocenters. The SMILES string of the molecule is CCc1ccccc1NC(=O)CN(C)C(=O)CN1C(=O)NC2(CCCC2)C1=O. The number of amides is 5. The van der Waals surface area contributed by atoms with Crippen molar-refractivity contribution >= 4 is 29.4 Å². The highest BCUT2D eigenvalue weighted by molar-refractivity contribution is 6.09. The zero-order valence-electron chi connectivity index (χ0n) is 16.3. The van der Waals surface area contributed by atoms with Crippen molar-refractivity contribution in [2.75, 3.05) is 25.5 Å². The van der Waals surface area contributed by atoms with E-state index in [9.17, 15) is 19.2 Å². The van der Waals surface area contributed by atoms with E-state index < -0.39 is 17.5 Å². The third-order valence-electron chi connectivity index (χ3n) is 5.48. The topological polar surface area (TPSA) is 98.8 Å². The van der Waals surface area contributed by atoms with Crippen LogP contribution in [0.1, 0.15) is 38.2 Å². The molecule has 1 saturated carbocycles. The molecule has 2 fully saturated rings. The van der Waals surface area contributed by atoms with E-state index in [1.807, 2.05) is 31.2 Å². The third kappa shape index (κ3) is 3.85. The summed E-state index contributed by atoms with van der Waals surface area (Å²) < 4.78 is 0. The van der Waals surface area contributed by atoms with Crippen LogP contribution in [0, 0.1) is 0 Å². The molecule has 5 amide bonds. The number of nitrogens with zero attached hydrogens (tertiary/aromatic N) is 2. The summed E-state index contributed by atoms with van der Waals surface area (Å²) in [5, 5.41) is 5.55. The second-order valence-corrected chi connectivity index (χ2v) is 7.42. The van der Waals surface area contributed by atoms with Gasteiger partial charge < -0.3 is 15.5 Å². The molecule has 2 N–H and O–H groups in total. The molecule has 3 rings (SSSR count). The van der Waals surface area contributed by atoms with Crippen LogP contribution >= 0.6 is 0 Å². The van der Waals surface area contributed by atoms with Gasteiger partial charge in [-0.3, -0.25) is 19.3 Å². The molecular formula is C20H26N4O4. The number of aryl methyl sites for hydroxylation is 1. The summed E-state index contributed by atoms with van der Waals surface area (Å²) in [6.07, 6.45) is 3.76. The number of hydrogen-bond acceptors (Lipinski definition) is 4. The Balaban J connectivity index is 1.56. The molecule has 8 nitrogen and oxygen atoms in total. The minimum atomic E-state index is -0.836. The van der Waals surface area contributed by atoms with Crippen LogP contribution in [0.5, 0.6) is 0 Å². The van der Waals surface area contributed by atoms with Gasteiger partial charge in [0, 0.05) is 12.7 Å². The van der Waals surface area contributed by atoms with Gasteiger partial charge in [-0.05, 0) is 30.9 Å². The van der Waals surface area contributed by atoms with E-state index in [1.165, 1.54) is 11.9 Å². The molecule has 28 heavy (non-hydrogen) atoms. The van der Waals surface area contributed by atoms with Crippen LogP contribution in [0.4, 0.5) is 10.5 Å². The van der Waals surface area contributed by atoms with Crippen molar-refractivity contribution in [3.8, 4) is 0 Å². The predicted octanol–water partition coefficient (Wildman–Crippen LogP) is 1.51. The summed E-state index contributed by atoms with van der Waals surface area (Å²) in [7, 11) is 1.48. The van der Waals surface area contributed by atoms with Crippen molar-refractivity contribution in [2.45, 2.75) is 44.6 Å². The summed E-state index contributed by atoms with van der Waals surface area (Å²) in [5.74, 6) is -1.13. The molecule has 0 aromatic heterocycles. The van der Waals surface area contributed by atoms with Gasteiger partial charge in [-0.2, -0.15) is 0 Å². The highest BCUT2D eigenvalue weighted by atomic mass is 16.2. The van der Waals surface area contributed by atoms with Crippen LogP contribution in [0.15, 0.2) is 24.3 Å². The lowest BCUT2D eigenvalue weighted by Gasteiger charge is -2.22. The maximum absolute atomic E-state index is 12.6. The van der Waals surface area contributed by atoms with E-state index >= 15 is 0 Å². The average molecular weight is 386 g/mol. The fraction of sp³-hybridized carbons (Fsp3) is 0.500. The Bertz CT molecular complexity index is 801. The summed E-state index contributed by atoms with van der Waals surface area (Å²) in [6, 6.07) is 6.95. The van der Waals surface area contributed by atoms with E-state index in [2.05, 4.69) is 10.6 Å². The average Bonchev–Trinajstić information content (AvgIpc) is 3.22. The molecule has 150 valence electrons. The van der Waals surface area contributed by atoms with Gasteiger partial charge in [-0.1, -0.05) is 38.0 Å². The van der Waals surface area contributed by atoms with Gasteiger partial charge in [0.15, 0.2) is 0 Å². The normalized spacial score (nSPS) is 17.7. The first-order valence-corrected chi connectivity index (χ1v) is 9.62. The number of rotatable bonds is 6. The number of carbonyl (C=O) groups excluding carboxylic acids is 4. The summed E-state index contributed by atoms with van der Waals surface area (Å²) >= 11 is 0. The Labute approximate surface area is 164 Å². The number of para-hydroxylation sites is 1. The number of likely N-dealkylation sites (N-methyl/N-ethyl adjacent to an activating group) is 1. The molecule has 1 aromatic carbocycles. The predicted molar refractivity (Wildman–Crippen MR) is 104 cm³/mol. The Hall–Kier alpha value is -2.90. The van der Waals surface area contributed by atoms with Crippen molar-refractivity contribution in [3.05, 3.63) is 29.8 Å². The molecular weight excluding hydrogens is 360 g/mol. The number of imide groups is 1. The van der Waals surface area contributed by atoms with Gasteiger partial charge in [0.05, 0.1) is 6.54 Å². The lowest BCUT2D eigenvalue weighted by Crippen LogP contribution is -2.46. The van der Waals surface area contributed by atoms with Crippen molar-refractivity contribution in [2.24, 2.45) is 0 Å². The van der Waals surface area contributed by atoms with Crippen LogP contribution in [-0.2, 0) is 20.8 Å². The van der Waals surface area contributed by atoms with E-state index in [-0.39, 0.29) is 24.9 Å². The molecule has 1 aromatic rings. The minimum Gasteiger partial charge on any atom is -0.335 e. The first kappa shape index (κ1) is 19.9. The Kier molecular flexibility index (Phi) is 5.67. The van der Waals surface area contributed by atoms with Crippen molar-refractivity contribution in [1.29, 1.82) is 0 Å². The van der Waals surface area contributed by atoms with Crippen LogP contribution in [0.25, 0.3) is 0 Å². The number of nitrogens with one attached hydrogen (secondary N) is 2. The summed E-state index contributed by atoms with van der Waals surface area (Å²) in [4.78, 5) is 51.8. The lowest BCUT2D eigenvalue weighted by atomic mass is 9.98. The number of urea groups is 1. The van der Waals surface area contributed by atoms with Crippen LogP contribution in [0.2, 0.25) is 0 Å². The summed E-state index contributed by atoms with van der Waals surface area (Å²) in [5.41, 5.74) is 0.885. The van der Waals surface area contributed by atoms with Gasteiger partial charge in [0.2, 0.25) is 11.8 Å². The van der Waals surface area contributed by atoms with Gasteiger partial charge in [-0.25, -0.2) is 4.79 Å². The maximum atomic E-state index is 12.6. The maximum Gasteiger partial charge on any atom is 0.325 e. The quantitative estimate of drug-likeness (QED) is 0.724. The number of carbonyl (C=O) groups is 4. The minimum absolute atomic E-state index is 0.161. The first-order chi connectivity index (χ1) is 13.4. The van der Waals surface area contributed by atoms with E-state index in [0.717, 1.165) is 29.7 Å². The van der Waals surface area contributed by atoms with Gasteiger partial charge >= 0.3 is 6.03 Å². The Morgan fingerprint density at radius 1 is 1.21 bits per heavy atom. The lowest BCUT2D eigenvalue weighted by molar-refractivity contribution is -0.139. The fourth-order valence-electron chi connectivity index (χ4n) is 3.84. The zero-order valence-corrected chi connectivity index (χ0v) is 16.3. The monoisotopic (exact) mass is 386 g/mol. The summed E-state index contributed by atoms with van der Waals surface area (Å²) in [6.45, 7) is 1.48. The molecule has 0 bridgehead atoms. The van der Waals surface area contributed by atoms with Crippen molar-refractivity contribution in [1.82, 2.24) is 15.1 Å². The van der Waals surface area contributed by atoms with Gasteiger partial charge in [0.1, 0.15) is 12.1 Å². The van der Waals surface area contributed by atoms with Crippen LogP contribution in [0.3, 0.4) is 0 Å². The van der Waals surface area contributed by atoms with Crippen molar-refractivity contribution in [3.63, 3.8) is 0 Å². The smallest absolute Gasteiger partial charge is 0.325 e. The second-order valence-electron chi connectivity index (χ2n) is 7.42. The van der Waals surface area contributed by atoms with E-state index in [1.54, 1.807) is 0 Å². The highest BCUT2D eigenvalue weighted by Crippen LogP contribution is 2.34. The highest BCUT2D eigenvalue weighted by Gasteiger charge is 2.52. The number of hydrogen-bond donors (Lipinski definition) is 2. The number of benzene rings is 1. The first-order valence-electron chi connectivity index (χ1n) is 9.62. The van der Waals surface area contributed by atoms with E-state index in [0.29, 0.717) is 18.5 Å². The van der Waals surface area contributed by atoms with Gasteiger partial charge in [0.25, 0.3) is 5.91 Å². The second kappa shape index (κ2) is 8.00. The molecule has 8 heteroatoms. The zero-order chi connectivity index (χ0) is 20.3. The molecule has 1 aliphatic carbocycles. The van der Waals surface area contributed by atoms with Crippen LogP contribution in [-0.4, -0.2) is 59.2 Å². The van der Waals surface area contributed by atoms with Crippen LogP contribution < -0.4 is 10.6 Å². The van der Waals surface area contributed by atoms with E-state index in [4.69, 9.17) is 0 Å². The molecule has 0 unspecified atom stereocenters. The molecule has 1 spiro atoms. The van der Waals surface area contributed by atoms with Gasteiger partial charge in [-0.15, -0.1) is 0 Å². The Morgan fingerprint density at radius 2 is 1.89 bits per heavy atom. The molecule has 1 saturated heterocycles. The Morgan fingerprint density at radius 3 is 2.57 bits per heavy atom. The molecule has 0 radical (unpaired) electrons. The largest absolute Gasteiger partial charge is 0.335 e. The standard InChI is InChI=1S/C20H26N4O4/c1-3-14-8-4-5-9-15(14)21-16(25)12-23(2)17(26)13-24-18(27)20(22-19(24)28)10-6-7-11-20/h4-5,8-9H,3,6-7,10-13H2,1-2H3,(H,21,25)(H,22,28). The third-order valence-corrected chi connectivity index (χ3v) is 5.48. The molecule has 1 heterocycles. The fourth-order valence-corrected chi connectivity index (χ4v) is 3.84. The molecule has 1 aliphatic heterocycles. The van der Waals surface area contributed by atoms with Crippen molar-refractivity contribution < 1.29 is 19.2 Å². The molecule has 2 aliphatic rings.